The van der Waals surface area contributed by atoms with Crippen LogP contribution in [0.3, 0.4) is 0 Å². The highest BCUT2D eigenvalue weighted by atomic mass is 16.5. The average molecular weight is 100 g/mol. The van der Waals surface area contributed by atoms with Gasteiger partial charge in [-0.3, -0.25) is 0 Å². The summed E-state index contributed by atoms with van der Waals surface area (Å²) in [6.07, 6.45) is 1.76. The molecule has 0 atom stereocenters. The number of rotatable bonds is 2. The van der Waals surface area contributed by atoms with Crippen molar-refractivity contribution in [3.63, 3.8) is 0 Å². The minimum Gasteiger partial charge on any atom is -0.502 e. The summed E-state index contributed by atoms with van der Waals surface area (Å²) in [5.74, 6) is 0. The topological polar surface area (TPSA) is 9.23 Å². The van der Waals surface area contributed by atoms with E-state index in [9.17, 15) is 0 Å². The summed E-state index contributed by atoms with van der Waals surface area (Å²) in [6, 6.07) is 0. The lowest BCUT2D eigenvalue weighted by Gasteiger charge is -1.91. The normalized spacial score (nSPS) is 7.86. The van der Waals surface area contributed by atoms with Crippen LogP contribution in [0.2, 0.25) is 0 Å². The molecule has 0 aliphatic heterocycles. The maximum absolute atomic E-state index is 4.93. The van der Waals surface area contributed by atoms with E-state index < -0.39 is 0 Å². The van der Waals surface area contributed by atoms with Crippen LogP contribution in [0, 0.1) is 0 Å². The minimum atomic E-state index is 0.769. The van der Waals surface area contributed by atoms with E-state index in [0.29, 0.717) is 0 Å². The Labute approximate surface area is 45.0 Å². The molecule has 7 heavy (non-hydrogen) atoms. The van der Waals surface area contributed by atoms with Gasteiger partial charge >= 0.3 is 0 Å². The highest BCUT2D eigenvalue weighted by Crippen LogP contribution is 1.87. The van der Waals surface area contributed by atoms with E-state index in [-0.39, 0.29) is 0 Å². The molecule has 0 bridgehead atoms. The van der Waals surface area contributed by atoms with Gasteiger partial charge in [0.15, 0.2) is 0 Å². The van der Waals surface area contributed by atoms with Crippen molar-refractivity contribution in [1.82, 2.24) is 0 Å². The lowest BCUT2D eigenvalue weighted by atomic mass is 10.4. The van der Waals surface area contributed by atoms with Gasteiger partial charge in [-0.2, -0.15) is 0 Å². The minimum absolute atomic E-state index is 0.769. The Kier molecular flexibility index (Phi) is 3.48. The Hall–Kier alpha value is -0.460. The zero-order valence-corrected chi connectivity index (χ0v) is 5.19. The lowest BCUT2D eigenvalue weighted by Crippen LogP contribution is -1.77. The number of hydrogen-bond acceptors (Lipinski definition) is 1. The van der Waals surface area contributed by atoms with E-state index in [0.717, 1.165) is 6.61 Å². The first-order chi connectivity index (χ1) is 3.27. The zero-order valence-electron chi connectivity index (χ0n) is 5.19. The van der Waals surface area contributed by atoms with Gasteiger partial charge in [-0.1, -0.05) is 0 Å². The number of ether oxygens (including phenoxy) is 1. The van der Waals surface area contributed by atoms with Crippen molar-refractivity contribution < 1.29 is 4.74 Å². The molecular weight excluding hydrogens is 88.1 g/mol. The molecule has 1 nitrogen and oxygen atoms in total. The van der Waals surface area contributed by atoms with Crippen LogP contribution in [-0.4, -0.2) is 6.61 Å². The second-order valence-corrected chi connectivity index (χ2v) is 1.65. The Morgan fingerprint density at radius 1 is 1.57 bits per heavy atom. The fourth-order valence-electron chi connectivity index (χ4n) is 0.250. The van der Waals surface area contributed by atoms with Crippen LogP contribution in [0.5, 0.6) is 0 Å². The quantitative estimate of drug-likeness (QED) is 0.482. The Morgan fingerprint density at radius 3 is 2.29 bits per heavy atom. The average Bonchev–Trinajstić information content (AvgIpc) is 1.61. The molecule has 0 N–H and O–H groups in total. The summed E-state index contributed by atoms with van der Waals surface area (Å²) < 4.78 is 4.93. The van der Waals surface area contributed by atoms with Crippen LogP contribution in [0.4, 0.5) is 0 Å². The third kappa shape index (κ3) is 5.54. The van der Waals surface area contributed by atoms with Crippen LogP contribution in [0.1, 0.15) is 20.8 Å². The molecule has 0 fully saturated rings. The Morgan fingerprint density at radius 2 is 2.14 bits per heavy atom. The van der Waals surface area contributed by atoms with E-state index in [1.54, 1.807) is 6.26 Å². The van der Waals surface area contributed by atoms with Crippen LogP contribution >= 0.6 is 0 Å². The fourth-order valence-corrected chi connectivity index (χ4v) is 0.250. The van der Waals surface area contributed by atoms with Gasteiger partial charge in [0.25, 0.3) is 0 Å². The molecule has 0 aliphatic rings. The molecule has 0 amide bonds. The second-order valence-electron chi connectivity index (χ2n) is 1.65. The van der Waals surface area contributed by atoms with Gasteiger partial charge in [0.1, 0.15) is 0 Å². The van der Waals surface area contributed by atoms with Gasteiger partial charge in [-0.05, 0) is 26.3 Å². The molecule has 0 saturated heterocycles. The molecule has 0 rings (SSSR count). The van der Waals surface area contributed by atoms with E-state index in [1.165, 1.54) is 5.57 Å². The highest BCUT2D eigenvalue weighted by Gasteiger charge is 1.71. The molecule has 0 spiro atoms. The van der Waals surface area contributed by atoms with Gasteiger partial charge in [0, 0.05) is 0 Å². The molecule has 0 unspecified atom stereocenters. The third-order valence-electron chi connectivity index (χ3n) is 0.486. The summed E-state index contributed by atoms with van der Waals surface area (Å²) >= 11 is 0. The molecule has 0 aromatic carbocycles. The Balaban J connectivity index is 3.08. The smallest absolute Gasteiger partial charge is 0.0845 e. The molecule has 42 valence electrons. The van der Waals surface area contributed by atoms with Crippen molar-refractivity contribution in [3.8, 4) is 0 Å². The van der Waals surface area contributed by atoms with E-state index in [4.69, 9.17) is 4.74 Å². The van der Waals surface area contributed by atoms with Crippen molar-refractivity contribution in [2.24, 2.45) is 0 Å². The van der Waals surface area contributed by atoms with Gasteiger partial charge in [-0.25, -0.2) is 0 Å². The summed E-state index contributed by atoms with van der Waals surface area (Å²) in [5, 5.41) is 0. The number of allylic oxidation sites excluding steroid dienone is 1. The largest absolute Gasteiger partial charge is 0.502 e. The molecule has 0 heterocycles. The second kappa shape index (κ2) is 3.72. The first-order valence-corrected chi connectivity index (χ1v) is 2.52. The summed E-state index contributed by atoms with van der Waals surface area (Å²) in [5.41, 5.74) is 1.21. The predicted octanol–water partition coefficient (Wildman–Crippen LogP) is 1.95. The van der Waals surface area contributed by atoms with Gasteiger partial charge in [0.05, 0.1) is 12.9 Å². The van der Waals surface area contributed by atoms with E-state index >= 15 is 0 Å². The predicted molar refractivity (Wildman–Crippen MR) is 31.1 cm³/mol. The number of hydrogen-bond donors (Lipinski definition) is 0. The molecule has 0 saturated carbocycles. The first-order valence-electron chi connectivity index (χ1n) is 2.52. The van der Waals surface area contributed by atoms with Crippen molar-refractivity contribution in [3.05, 3.63) is 11.8 Å². The lowest BCUT2D eigenvalue weighted by molar-refractivity contribution is 0.266. The third-order valence-corrected chi connectivity index (χ3v) is 0.486. The SMILES string of the molecule is CCOC=C(C)C. The Bertz CT molecular complexity index is 60.6. The van der Waals surface area contributed by atoms with Gasteiger partial charge < -0.3 is 4.74 Å². The summed E-state index contributed by atoms with van der Waals surface area (Å²) in [6.45, 7) is 6.76. The van der Waals surface area contributed by atoms with Crippen molar-refractivity contribution in [1.29, 1.82) is 0 Å². The van der Waals surface area contributed by atoms with Crippen LogP contribution in [0.25, 0.3) is 0 Å². The van der Waals surface area contributed by atoms with E-state index in [1.807, 2.05) is 20.8 Å². The molecule has 0 aliphatic carbocycles. The maximum Gasteiger partial charge on any atom is 0.0845 e. The van der Waals surface area contributed by atoms with Gasteiger partial charge in [-0.15, -0.1) is 0 Å². The van der Waals surface area contributed by atoms with Crippen molar-refractivity contribution in [2.75, 3.05) is 6.61 Å². The fraction of sp³-hybridized carbons (Fsp3) is 0.667. The molecule has 1 heteroatoms. The molecule has 0 radical (unpaired) electrons. The molecular formula is C6H12O. The van der Waals surface area contributed by atoms with Crippen molar-refractivity contribution in [2.45, 2.75) is 20.8 Å². The monoisotopic (exact) mass is 100 g/mol. The zero-order chi connectivity index (χ0) is 5.70. The van der Waals surface area contributed by atoms with Crippen molar-refractivity contribution >= 4 is 0 Å². The maximum atomic E-state index is 4.93. The van der Waals surface area contributed by atoms with Gasteiger partial charge in [0.2, 0.25) is 0 Å². The van der Waals surface area contributed by atoms with Crippen LogP contribution in [0.15, 0.2) is 11.8 Å². The van der Waals surface area contributed by atoms with E-state index in [2.05, 4.69) is 0 Å². The molecule has 0 aromatic heterocycles. The summed E-state index contributed by atoms with van der Waals surface area (Å²) in [7, 11) is 0. The van der Waals surface area contributed by atoms with Crippen LogP contribution in [-0.2, 0) is 4.74 Å². The summed E-state index contributed by atoms with van der Waals surface area (Å²) in [4.78, 5) is 0. The van der Waals surface area contributed by atoms with Crippen LogP contribution < -0.4 is 0 Å². The first kappa shape index (κ1) is 6.54. The standard InChI is InChI=1S/C6H12O/c1-4-7-5-6(2)3/h5H,4H2,1-3H3. The molecule has 0 aromatic rings. The highest BCUT2D eigenvalue weighted by molar-refractivity contribution is 4.85.